The lowest BCUT2D eigenvalue weighted by atomic mass is 10.0. The van der Waals surface area contributed by atoms with Gasteiger partial charge in [-0.1, -0.05) is 18.2 Å². The van der Waals surface area contributed by atoms with Crippen LogP contribution < -0.4 is 5.73 Å². The summed E-state index contributed by atoms with van der Waals surface area (Å²) in [7, 11) is -3.66. The van der Waals surface area contributed by atoms with E-state index in [1.807, 2.05) is 6.08 Å². The fraction of sp³-hybridized carbons (Fsp3) is 0.214. The van der Waals surface area contributed by atoms with E-state index in [-0.39, 0.29) is 0 Å². The third-order valence-corrected chi connectivity index (χ3v) is 6.57. The Morgan fingerprint density at radius 3 is 2.90 bits per heavy atom. The maximum absolute atomic E-state index is 13.0. The number of allylic oxidation sites excluding steroid dienone is 3. The van der Waals surface area contributed by atoms with Crippen molar-refractivity contribution in [3.63, 3.8) is 0 Å². The van der Waals surface area contributed by atoms with E-state index in [0.717, 1.165) is 7.67 Å². The molecule has 3 rings (SSSR count). The van der Waals surface area contributed by atoms with Gasteiger partial charge in [0.1, 0.15) is 4.75 Å². The molecule has 1 heterocycles. The third kappa shape index (κ3) is 2.28. The molecule has 5 nitrogen and oxygen atoms in total. The van der Waals surface area contributed by atoms with Crippen molar-refractivity contribution in [2.24, 2.45) is 0 Å². The van der Waals surface area contributed by atoms with E-state index in [1.54, 1.807) is 37.3 Å². The molecule has 1 aliphatic rings. The van der Waals surface area contributed by atoms with Gasteiger partial charge in [0.2, 0.25) is 0 Å². The number of benzene rings is 1. The highest BCUT2D eigenvalue weighted by molar-refractivity contribution is 14.1. The SMILES string of the molecule is CC1(S(=O)(=O)n2ncc3cc(N)ccc32)C=CC=C(I)C1. The van der Waals surface area contributed by atoms with Crippen LogP contribution in [0.3, 0.4) is 0 Å². The fourth-order valence-electron chi connectivity index (χ4n) is 2.40. The van der Waals surface area contributed by atoms with Gasteiger partial charge in [0, 0.05) is 17.5 Å². The number of nitrogens with two attached hydrogens (primary N) is 1. The van der Waals surface area contributed by atoms with Crippen LogP contribution in [0.25, 0.3) is 10.9 Å². The summed E-state index contributed by atoms with van der Waals surface area (Å²) < 4.78 is 27.1. The first-order valence-electron chi connectivity index (χ1n) is 6.36. The predicted octanol–water partition coefficient (Wildman–Crippen LogP) is 2.83. The van der Waals surface area contributed by atoms with Gasteiger partial charge in [-0.25, -0.2) is 8.42 Å². The van der Waals surface area contributed by atoms with E-state index in [2.05, 4.69) is 27.7 Å². The van der Waals surface area contributed by atoms with Crippen LogP contribution >= 0.6 is 22.6 Å². The molecule has 1 atom stereocenters. The van der Waals surface area contributed by atoms with Crippen molar-refractivity contribution in [3.05, 3.63) is 46.2 Å². The highest BCUT2D eigenvalue weighted by Crippen LogP contribution is 2.35. The van der Waals surface area contributed by atoms with Crippen molar-refractivity contribution in [2.45, 2.75) is 18.1 Å². The summed E-state index contributed by atoms with van der Waals surface area (Å²) in [4.78, 5) is 0. The molecule has 110 valence electrons. The average molecular weight is 415 g/mol. The average Bonchev–Trinajstić information content (AvgIpc) is 2.81. The minimum Gasteiger partial charge on any atom is -0.399 e. The van der Waals surface area contributed by atoms with Crippen LogP contribution in [0.1, 0.15) is 13.3 Å². The number of anilines is 1. The number of fused-ring (bicyclic) bond motifs is 1. The number of halogens is 1. The molecule has 1 aliphatic carbocycles. The van der Waals surface area contributed by atoms with E-state index in [1.165, 1.54) is 6.20 Å². The molecule has 1 aromatic carbocycles. The monoisotopic (exact) mass is 415 g/mol. The molecule has 0 saturated heterocycles. The summed E-state index contributed by atoms with van der Waals surface area (Å²) in [5.74, 6) is 0. The number of aromatic nitrogens is 2. The molecule has 0 saturated carbocycles. The second-order valence-electron chi connectivity index (χ2n) is 5.27. The predicted molar refractivity (Wildman–Crippen MR) is 92.7 cm³/mol. The molecule has 1 aromatic heterocycles. The number of rotatable bonds is 2. The van der Waals surface area contributed by atoms with Gasteiger partial charge in [-0.3, -0.25) is 0 Å². The molecule has 21 heavy (non-hydrogen) atoms. The molecule has 1 unspecified atom stereocenters. The van der Waals surface area contributed by atoms with Crippen LogP contribution in [0.2, 0.25) is 0 Å². The lowest BCUT2D eigenvalue weighted by Crippen LogP contribution is -2.39. The van der Waals surface area contributed by atoms with E-state index >= 15 is 0 Å². The summed E-state index contributed by atoms with van der Waals surface area (Å²) in [5.41, 5.74) is 6.85. The maximum atomic E-state index is 13.0. The Morgan fingerprint density at radius 1 is 1.43 bits per heavy atom. The Kier molecular flexibility index (Phi) is 3.36. The van der Waals surface area contributed by atoms with Gasteiger partial charge in [0.15, 0.2) is 0 Å². The zero-order valence-corrected chi connectivity index (χ0v) is 14.3. The Hall–Kier alpha value is -1.35. The summed E-state index contributed by atoms with van der Waals surface area (Å²) in [6.45, 7) is 1.72. The molecule has 2 N–H and O–H groups in total. The molecule has 7 heteroatoms. The summed E-state index contributed by atoms with van der Waals surface area (Å²) >= 11 is 2.16. The summed E-state index contributed by atoms with van der Waals surface area (Å²) in [6, 6.07) is 5.09. The molecular weight excluding hydrogens is 401 g/mol. The van der Waals surface area contributed by atoms with E-state index in [9.17, 15) is 8.42 Å². The molecule has 0 bridgehead atoms. The second kappa shape index (κ2) is 4.84. The van der Waals surface area contributed by atoms with E-state index in [0.29, 0.717) is 23.0 Å². The first-order chi connectivity index (χ1) is 9.83. The van der Waals surface area contributed by atoms with Gasteiger partial charge in [0.25, 0.3) is 10.0 Å². The number of hydrogen-bond acceptors (Lipinski definition) is 4. The largest absolute Gasteiger partial charge is 0.399 e. The van der Waals surface area contributed by atoms with Crippen LogP contribution in [-0.2, 0) is 10.0 Å². The lowest BCUT2D eigenvalue weighted by molar-refractivity contribution is 0.547. The van der Waals surface area contributed by atoms with Crippen LogP contribution in [-0.4, -0.2) is 22.4 Å². The Bertz CT molecular complexity index is 883. The molecular formula is C14H14IN3O2S. The van der Waals surface area contributed by atoms with E-state index < -0.39 is 14.8 Å². The number of nitrogens with zero attached hydrogens (tertiary/aromatic N) is 2. The summed E-state index contributed by atoms with van der Waals surface area (Å²) in [6.07, 6.45) is 7.39. The molecule has 2 aromatic rings. The minimum absolute atomic E-state index is 0.447. The Balaban J connectivity index is 2.17. The number of nitrogen functional groups attached to an aromatic ring is 1. The van der Waals surface area contributed by atoms with Gasteiger partial charge in [-0.15, -0.1) is 0 Å². The topological polar surface area (TPSA) is 78.0 Å². The third-order valence-electron chi connectivity index (χ3n) is 3.62. The summed E-state index contributed by atoms with van der Waals surface area (Å²) in [5, 5.41) is 4.79. The van der Waals surface area contributed by atoms with Crippen molar-refractivity contribution >= 4 is 49.2 Å². The smallest absolute Gasteiger partial charge is 0.263 e. The Morgan fingerprint density at radius 2 is 2.19 bits per heavy atom. The number of hydrogen-bond donors (Lipinski definition) is 1. The first kappa shape index (κ1) is 14.6. The quantitative estimate of drug-likeness (QED) is 0.605. The van der Waals surface area contributed by atoms with Gasteiger partial charge in [-0.2, -0.15) is 9.19 Å². The van der Waals surface area contributed by atoms with Gasteiger partial charge in [0.05, 0.1) is 11.7 Å². The van der Waals surface area contributed by atoms with Crippen LogP contribution in [0, 0.1) is 0 Å². The van der Waals surface area contributed by atoms with Crippen LogP contribution in [0.4, 0.5) is 5.69 Å². The lowest BCUT2D eigenvalue weighted by Gasteiger charge is -2.27. The zero-order chi connectivity index (χ0) is 15.3. The van der Waals surface area contributed by atoms with Gasteiger partial charge >= 0.3 is 0 Å². The van der Waals surface area contributed by atoms with E-state index in [4.69, 9.17) is 5.73 Å². The molecule has 0 amide bonds. The van der Waals surface area contributed by atoms with Crippen LogP contribution in [0.5, 0.6) is 0 Å². The maximum Gasteiger partial charge on any atom is 0.263 e. The molecule has 0 spiro atoms. The van der Waals surface area contributed by atoms with Crippen molar-refractivity contribution in [1.29, 1.82) is 0 Å². The molecule has 0 fully saturated rings. The highest BCUT2D eigenvalue weighted by Gasteiger charge is 2.41. The van der Waals surface area contributed by atoms with Gasteiger partial charge < -0.3 is 5.73 Å². The van der Waals surface area contributed by atoms with Crippen molar-refractivity contribution in [2.75, 3.05) is 5.73 Å². The molecule has 0 aliphatic heterocycles. The minimum atomic E-state index is -3.66. The van der Waals surface area contributed by atoms with Crippen molar-refractivity contribution < 1.29 is 8.42 Å². The Labute approximate surface area is 136 Å². The van der Waals surface area contributed by atoms with Crippen LogP contribution in [0.15, 0.2) is 46.2 Å². The van der Waals surface area contributed by atoms with Crippen molar-refractivity contribution in [3.8, 4) is 0 Å². The highest BCUT2D eigenvalue weighted by atomic mass is 127. The molecule has 0 radical (unpaired) electrons. The standard InChI is InChI=1S/C14H14IN3O2S/c1-14(6-2-3-11(15)8-14)21(19,20)18-13-5-4-12(16)7-10(13)9-17-18/h2-7,9H,8,16H2,1H3. The zero-order valence-electron chi connectivity index (χ0n) is 11.3. The second-order valence-corrected chi connectivity index (χ2v) is 8.89. The normalized spacial score (nSPS) is 22.5. The van der Waals surface area contributed by atoms with Gasteiger partial charge in [-0.05, 0) is 51.3 Å². The van der Waals surface area contributed by atoms with Crippen molar-refractivity contribution in [1.82, 2.24) is 9.19 Å². The fourth-order valence-corrected chi connectivity index (χ4v) is 5.24. The first-order valence-corrected chi connectivity index (χ1v) is 8.88.